The fourth-order valence-electron chi connectivity index (χ4n) is 2.14. The van der Waals surface area contributed by atoms with Crippen molar-refractivity contribution in [2.24, 2.45) is 0 Å². The Kier molecular flexibility index (Phi) is 5.51. The first-order valence-corrected chi connectivity index (χ1v) is 7.25. The summed E-state index contributed by atoms with van der Waals surface area (Å²) in [6.45, 7) is 0.976. The summed E-state index contributed by atoms with van der Waals surface area (Å²) in [5.41, 5.74) is -0.698. The number of aromatic nitrogens is 1. The lowest BCUT2D eigenvalue weighted by Gasteiger charge is -2.11. The van der Waals surface area contributed by atoms with Crippen LogP contribution in [0.3, 0.4) is 0 Å². The van der Waals surface area contributed by atoms with Gasteiger partial charge in [0.25, 0.3) is 5.91 Å². The van der Waals surface area contributed by atoms with Gasteiger partial charge >= 0.3 is 6.18 Å². The second kappa shape index (κ2) is 7.42. The van der Waals surface area contributed by atoms with Gasteiger partial charge in [0.05, 0.1) is 5.56 Å². The zero-order valence-electron chi connectivity index (χ0n) is 13.2. The minimum Gasteiger partial charge on any atom is -0.348 e. The van der Waals surface area contributed by atoms with Crippen LogP contribution in [-0.4, -0.2) is 16.7 Å². The molecule has 4 nitrogen and oxygen atoms in total. The monoisotopic (exact) mass is 354 g/mol. The third-order valence-corrected chi connectivity index (χ3v) is 3.32. The third kappa shape index (κ3) is 5.10. The summed E-state index contributed by atoms with van der Waals surface area (Å²) in [5.74, 6) is -1.58. The van der Waals surface area contributed by atoms with Gasteiger partial charge in [0.1, 0.15) is 11.6 Å². The van der Waals surface area contributed by atoms with E-state index in [2.05, 4.69) is 10.3 Å². The Labute approximate surface area is 140 Å². The van der Waals surface area contributed by atoms with Crippen LogP contribution in [0.25, 0.3) is 0 Å². The summed E-state index contributed by atoms with van der Waals surface area (Å²) < 4.78 is 51.7. The van der Waals surface area contributed by atoms with Crippen molar-refractivity contribution in [3.05, 3.63) is 64.7 Å². The van der Waals surface area contributed by atoms with E-state index < -0.39 is 30.0 Å². The molecule has 0 aliphatic carbocycles. The van der Waals surface area contributed by atoms with E-state index in [1.165, 1.54) is 25.3 Å². The molecule has 0 bridgehead atoms. The van der Waals surface area contributed by atoms with Crippen molar-refractivity contribution in [2.45, 2.75) is 26.1 Å². The van der Waals surface area contributed by atoms with Gasteiger partial charge in [-0.1, -0.05) is 0 Å². The van der Waals surface area contributed by atoms with Crippen molar-refractivity contribution >= 4 is 11.7 Å². The minimum atomic E-state index is -4.60. The molecule has 25 heavy (non-hydrogen) atoms. The Hall–Kier alpha value is -2.77. The van der Waals surface area contributed by atoms with Crippen LogP contribution in [0.4, 0.5) is 17.6 Å². The molecule has 1 aromatic heterocycles. The number of ketones is 1. The van der Waals surface area contributed by atoms with E-state index >= 15 is 0 Å². The van der Waals surface area contributed by atoms with Crippen molar-refractivity contribution in [1.82, 2.24) is 10.3 Å². The molecule has 0 spiro atoms. The van der Waals surface area contributed by atoms with Crippen molar-refractivity contribution in [3.63, 3.8) is 0 Å². The Morgan fingerprint density at radius 2 is 1.88 bits per heavy atom. The smallest absolute Gasteiger partial charge is 0.348 e. The van der Waals surface area contributed by atoms with Crippen LogP contribution < -0.4 is 5.32 Å². The average Bonchev–Trinajstić information content (AvgIpc) is 2.52. The largest absolute Gasteiger partial charge is 0.416 e. The van der Waals surface area contributed by atoms with Crippen LogP contribution in [-0.2, 0) is 23.9 Å². The number of carbonyl (C=O) groups is 2. The zero-order valence-corrected chi connectivity index (χ0v) is 13.2. The first-order valence-electron chi connectivity index (χ1n) is 7.25. The van der Waals surface area contributed by atoms with Gasteiger partial charge in [0.2, 0.25) is 0 Å². The summed E-state index contributed by atoms with van der Waals surface area (Å²) in [5, 5.41) is 2.36. The molecular formula is C17H14F4N2O2. The highest BCUT2D eigenvalue weighted by atomic mass is 19.4. The Morgan fingerprint density at radius 1 is 1.16 bits per heavy atom. The van der Waals surface area contributed by atoms with Crippen LogP contribution in [0.2, 0.25) is 0 Å². The number of halogens is 4. The predicted octanol–water partition coefficient (Wildman–Crippen LogP) is 3.30. The van der Waals surface area contributed by atoms with Crippen LogP contribution in [0, 0.1) is 5.82 Å². The van der Waals surface area contributed by atoms with Gasteiger partial charge in [-0.25, -0.2) is 4.39 Å². The first kappa shape index (κ1) is 18.6. The lowest BCUT2D eigenvalue weighted by atomic mass is 10.1. The molecule has 1 heterocycles. The number of nitrogens with one attached hydrogen (secondary N) is 1. The Balaban J connectivity index is 2.11. The van der Waals surface area contributed by atoms with Crippen molar-refractivity contribution < 1.29 is 27.2 Å². The lowest BCUT2D eigenvalue weighted by Crippen LogP contribution is -2.24. The maximum absolute atomic E-state index is 13.7. The summed E-state index contributed by atoms with van der Waals surface area (Å²) in [6.07, 6.45) is -3.19. The predicted molar refractivity (Wildman–Crippen MR) is 81.2 cm³/mol. The molecule has 0 atom stereocenters. The molecule has 2 rings (SSSR count). The highest BCUT2D eigenvalue weighted by molar-refractivity contribution is 5.94. The van der Waals surface area contributed by atoms with Crippen LogP contribution >= 0.6 is 0 Å². The van der Waals surface area contributed by atoms with E-state index in [1.807, 2.05) is 0 Å². The highest BCUT2D eigenvalue weighted by Gasteiger charge is 2.31. The van der Waals surface area contributed by atoms with Crippen molar-refractivity contribution in [2.75, 3.05) is 0 Å². The number of amides is 1. The molecule has 8 heteroatoms. The van der Waals surface area contributed by atoms with E-state index in [0.29, 0.717) is 23.9 Å². The summed E-state index contributed by atoms with van der Waals surface area (Å²) in [7, 11) is 0. The molecule has 0 fully saturated rings. The summed E-state index contributed by atoms with van der Waals surface area (Å²) in [4.78, 5) is 27.1. The van der Waals surface area contributed by atoms with Crippen molar-refractivity contribution in [1.29, 1.82) is 0 Å². The van der Waals surface area contributed by atoms with E-state index in [4.69, 9.17) is 0 Å². The summed E-state index contributed by atoms with van der Waals surface area (Å²) >= 11 is 0. The molecule has 0 unspecified atom stereocenters. The normalized spacial score (nSPS) is 11.2. The van der Waals surface area contributed by atoms with Gasteiger partial charge in [-0.3, -0.25) is 14.6 Å². The van der Waals surface area contributed by atoms with E-state index in [9.17, 15) is 27.2 Å². The molecule has 1 N–H and O–H groups in total. The molecule has 1 amide bonds. The van der Waals surface area contributed by atoms with Crippen molar-refractivity contribution in [3.8, 4) is 0 Å². The molecule has 0 aliphatic rings. The van der Waals surface area contributed by atoms with Crippen LogP contribution in [0.5, 0.6) is 0 Å². The lowest BCUT2D eigenvalue weighted by molar-refractivity contribution is -0.137. The highest BCUT2D eigenvalue weighted by Crippen LogP contribution is 2.30. The molecule has 0 saturated heterocycles. The number of nitrogens with zero attached hydrogens (tertiary/aromatic N) is 1. The number of hydrogen-bond donors (Lipinski definition) is 1. The number of Topliss-reactive ketones (excluding diaryl/α,β-unsaturated/α-hetero) is 1. The third-order valence-electron chi connectivity index (χ3n) is 3.32. The molecular weight excluding hydrogens is 340 g/mol. The van der Waals surface area contributed by atoms with E-state index in [-0.39, 0.29) is 23.3 Å². The van der Waals surface area contributed by atoms with Crippen LogP contribution in [0.15, 0.2) is 36.5 Å². The number of alkyl halides is 3. The number of benzene rings is 1. The summed E-state index contributed by atoms with van der Waals surface area (Å²) in [6, 6.07) is 4.79. The molecule has 132 valence electrons. The zero-order chi connectivity index (χ0) is 18.6. The number of rotatable bonds is 5. The molecule has 2 aromatic rings. The second-order valence-electron chi connectivity index (χ2n) is 5.40. The maximum atomic E-state index is 13.7. The van der Waals surface area contributed by atoms with Gasteiger partial charge in [0.15, 0.2) is 0 Å². The number of pyridine rings is 1. The fourth-order valence-corrected chi connectivity index (χ4v) is 2.14. The number of hydrogen-bond acceptors (Lipinski definition) is 3. The molecule has 1 aromatic carbocycles. The standard InChI is InChI=1S/C17H14F4N2O2/c1-10(24)6-14-8-11(4-5-22-14)16(25)23-9-12-7-13(17(19,20)21)2-3-15(12)18/h2-5,7-8H,6,9H2,1H3,(H,23,25). The topological polar surface area (TPSA) is 59.1 Å². The van der Waals surface area contributed by atoms with Gasteiger partial charge in [-0.05, 0) is 37.3 Å². The minimum absolute atomic E-state index is 0.0589. The molecule has 0 radical (unpaired) electrons. The quantitative estimate of drug-likeness (QED) is 0.838. The Morgan fingerprint density at radius 3 is 2.52 bits per heavy atom. The van der Waals surface area contributed by atoms with E-state index in [1.54, 1.807) is 0 Å². The fraction of sp³-hybridized carbons (Fsp3) is 0.235. The van der Waals surface area contributed by atoms with Crippen LogP contribution in [0.1, 0.15) is 34.1 Å². The molecule has 0 aliphatic heterocycles. The first-order chi connectivity index (χ1) is 11.7. The van der Waals surface area contributed by atoms with Gasteiger partial charge in [-0.15, -0.1) is 0 Å². The second-order valence-corrected chi connectivity index (χ2v) is 5.40. The van der Waals surface area contributed by atoms with Gasteiger partial charge in [0, 0.05) is 36.0 Å². The average molecular weight is 354 g/mol. The SMILES string of the molecule is CC(=O)Cc1cc(C(=O)NCc2cc(C(F)(F)F)ccc2F)ccn1. The number of carbonyl (C=O) groups excluding carboxylic acids is 2. The van der Waals surface area contributed by atoms with Gasteiger partial charge in [-0.2, -0.15) is 13.2 Å². The molecule has 0 saturated carbocycles. The van der Waals surface area contributed by atoms with E-state index in [0.717, 1.165) is 0 Å². The van der Waals surface area contributed by atoms with Gasteiger partial charge < -0.3 is 5.32 Å². The maximum Gasteiger partial charge on any atom is 0.416 e. The Bertz CT molecular complexity index is 803.